The number of nitrogens with zero attached hydrogens (tertiary/aromatic N) is 4. The van der Waals surface area contributed by atoms with Crippen molar-refractivity contribution in [2.24, 2.45) is 4.99 Å². The van der Waals surface area contributed by atoms with Gasteiger partial charge in [0.25, 0.3) is 0 Å². The summed E-state index contributed by atoms with van der Waals surface area (Å²) in [6.07, 6.45) is -3.40. The summed E-state index contributed by atoms with van der Waals surface area (Å²) in [6, 6.07) is 2.31. The highest BCUT2D eigenvalue weighted by molar-refractivity contribution is 5.98. The summed E-state index contributed by atoms with van der Waals surface area (Å²) in [6.45, 7) is 6.64. The fraction of sp³-hybridized carbons (Fsp3) is 0.607. The van der Waals surface area contributed by atoms with Gasteiger partial charge < -0.3 is 24.0 Å². The second-order valence-electron chi connectivity index (χ2n) is 11.1. The number of aromatic nitrogens is 2. The second-order valence-corrected chi connectivity index (χ2v) is 11.1. The topological polar surface area (TPSA) is 139 Å². The lowest BCUT2D eigenvalue weighted by Gasteiger charge is -2.26. The van der Waals surface area contributed by atoms with Crippen LogP contribution < -0.4 is 10.1 Å². The van der Waals surface area contributed by atoms with Gasteiger partial charge in [0.15, 0.2) is 0 Å². The number of carbonyl (C=O) groups excluding carboxylic acids is 1. The van der Waals surface area contributed by atoms with E-state index in [2.05, 4.69) is 27.4 Å². The molecule has 0 spiro atoms. The first-order valence-corrected chi connectivity index (χ1v) is 14.1. The van der Waals surface area contributed by atoms with Crippen LogP contribution in [0.2, 0.25) is 0 Å². The number of benzene rings is 1. The molecule has 43 heavy (non-hydrogen) atoms. The molecule has 238 valence electrons. The predicted octanol–water partition coefficient (Wildman–Crippen LogP) is 7.14. The zero-order valence-electron chi connectivity index (χ0n) is 24.5. The summed E-state index contributed by atoms with van der Waals surface area (Å²) < 4.78 is 72.1. The zero-order valence-corrected chi connectivity index (χ0v) is 24.5. The number of nitrogens with one attached hydrogen (secondary N) is 1. The molecule has 0 saturated carbocycles. The van der Waals surface area contributed by atoms with Crippen LogP contribution in [0.15, 0.2) is 27.7 Å². The van der Waals surface area contributed by atoms with Crippen molar-refractivity contribution < 1.29 is 46.3 Å². The number of alkyl halides is 4. The molecule has 0 bridgehead atoms. The molecule has 2 heterocycles. The molecule has 0 unspecified atom stereocenters. The van der Waals surface area contributed by atoms with Gasteiger partial charge in [-0.1, -0.05) is 44.2 Å². The molecule has 1 saturated heterocycles. The summed E-state index contributed by atoms with van der Waals surface area (Å²) in [5.74, 6) is -1.27. The number of hydrogen-bond acceptors (Lipinski definition) is 7. The van der Waals surface area contributed by atoms with E-state index in [0.717, 1.165) is 43.1 Å². The average Bonchev–Trinajstić information content (AvgIpc) is 3.53. The van der Waals surface area contributed by atoms with Gasteiger partial charge in [0.1, 0.15) is 23.6 Å². The van der Waals surface area contributed by atoms with Crippen molar-refractivity contribution in [1.29, 1.82) is 0 Å². The minimum atomic E-state index is -4.72. The summed E-state index contributed by atoms with van der Waals surface area (Å²) in [4.78, 5) is 32.3. The molecular formula is C28H37F4N5O6. The Labute approximate surface area is 246 Å². The van der Waals surface area contributed by atoms with E-state index in [4.69, 9.17) is 14.0 Å². The van der Waals surface area contributed by atoms with E-state index < -0.39 is 47.7 Å². The number of amides is 2. The van der Waals surface area contributed by atoms with Crippen LogP contribution in [-0.2, 0) is 10.9 Å². The zero-order chi connectivity index (χ0) is 31.8. The first kappa shape index (κ1) is 33.6. The molecular weight excluding hydrogens is 578 g/mol. The Kier molecular flexibility index (Phi) is 11.3. The van der Waals surface area contributed by atoms with Crippen molar-refractivity contribution >= 4 is 18.1 Å². The Morgan fingerprint density at radius 2 is 1.86 bits per heavy atom. The van der Waals surface area contributed by atoms with E-state index in [9.17, 15) is 32.3 Å². The molecule has 2 amide bonds. The highest BCUT2D eigenvalue weighted by Gasteiger charge is 2.40. The lowest BCUT2D eigenvalue weighted by atomic mass is 10.1. The van der Waals surface area contributed by atoms with Crippen LogP contribution in [0, 0.1) is 0 Å². The van der Waals surface area contributed by atoms with Crippen molar-refractivity contribution in [2.75, 3.05) is 13.2 Å². The van der Waals surface area contributed by atoms with Crippen molar-refractivity contribution in [1.82, 2.24) is 20.4 Å². The number of halogens is 4. The maximum absolute atomic E-state index is 14.6. The van der Waals surface area contributed by atoms with E-state index in [0.29, 0.717) is 6.42 Å². The van der Waals surface area contributed by atoms with Crippen LogP contribution in [0.1, 0.15) is 90.1 Å². The van der Waals surface area contributed by atoms with Crippen molar-refractivity contribution in [3.63, 3.8) is 0 Å². The Bertz CT molecular complexity index is 1280. The first-order chi connectivity index (χ1) is 20.2. The van der Waals surface area contributed by atoms with Gasteiger partial charge in [-0.15, -0.1) is 4.99 Å². The molecule has 3 rings (SSSR count). The summed E-state index contributed by atoms with van der Waals surface area (Å²) in [7, 11) is 0. The summed E-state index contributed by atoms with van der Waals surface area (Å²) in [5, 5.41) is 15.2. The molecule has 2 aromatic rings. The predicted molar refractivity (Wildman–Crippen MR) is 147 cm³/mol. The Balaban J connectivity index is 1.81. The van der Waals surface area contributed by atoms with Gasteiger partial charge in [-0.2, -0.15) is 18.2 Å². The smallest absolute Gasteiger partial charge is 0.434 e. The minimum Gasteiger partial charge on any atom is -0.493 e. The van der Waals surface area contributed by atoms with E-state index in [-0.39, 0.29) is 42.6 Å². The number of likely N-dealkylation sites (tertiary alicyclic amines) is 1. The summed E-state index contributed by atoms with van der Waals surface area (Å²) in [5.41, 5.74) is -1.95. The first-order valence-electron chi connectivity index (χ1n) is 14.1. The van der Waals surface area contributed by atoms with Crippen LogP contribution in [-0.4, -0.2) is 63.2 Å². The fourth-order valence-corrected chi connectivity index (χ4v) is 4.47. The Morgan fingerprint density at radius 3 is 2.51 bits per heavy atom. The van der Waals surface area contributed by atoms with E-state index in [1.807, 2.05) is 0 Å². The minimum absolute atomic E-state index is 0.0260. The number of aliphatic imine (C=N–C) groups is 1. The van der Waals surface area contributed by atoms with Gasteiger partial charge in [-0.3, -0.25) is 5.32 Å². The largest absolute Gasteiger partial charge is 0.493 e. The lowest BCUT2D eigenvalue weighted by molar-refractivity contribution is -0.138. The molecule has 1 aromatic carbocycles. The van der Waals surface area contributed by atoms with Crippen LogP contribution in [0.4, 0.5) is 27.2 Å². The number of hydrogen-bond donors (Lipinski definition) is 2. The molecule has 0 radical (unpaired) electrons. The third-order valence-corrected chi connectivity index (χ3v) is 6.36. The van der Waals surface area contributed by atoms with Gasteiger partial charge in [-0.05, 0) is 45.4 Å². The van der Waals surface area contributed by atoms with Crippen molar-refractivity contribution in [2.45, 2.75) is 96.6 Å². The molecule has 1 aromatic heterocycles. The van der Waals surface area contributed by atoms with Crippen LogP contribution in [0.25, 0.3) is 11.4 Å². The third-order valence-electron chi connectivity index (χ3n) is 6.36. The second kappa shape index (κ2) is 14.5. The molecule has 2 atom stereocenters. The van der Waals surface area contributed by atoms with Gasteiger partial charge in [0.05, 0.1) is 18.7 Å². The lowest BCUT2D eigenvalue weighted by Crippen LogP contribution is -2.46. The van der Waals surface area contributed by atoms with Crippen molar-refractivity contribution in [3.05, 3.63) is 29.7 Å². The number of rotatable bonds is 10. The molecule has 1 fully saturated rings. The maximum atomic E-state index is 14.6. The Hall–Kier alpha value is -3.91. The van der Waals surface area contributed by atoms with Crippen LogP contribution >= 0.6 is 0 Å². The highest BCUT2D eigenvalue weighted by atomic mass is 19.4. The van der Waals surface area contributed by atoms with E-state index in [1.54, 1.807) is 20.8 Å². The average molecular weight is 616 g/mol. The van der Waals surface area contributed by atoms with Crippen LogP contribution in [0.3, 0.4) is 0 Å². The highest BCUT2D eigenvalue weighted by Crippen LogP contribution is 2.39. The number of alkyl carbamates (subject to hydrolysis) is 1. The molecule has 2 N–H and O–H groups in total. The van der Waals surface area contributed by atoms with Gasteiger partial charge in [0, 0.05) is 12.0 Å². The normalized spacial score (nSPS) is 17.7. The molecule has 1 aliphatic heterocycles. The fourth-order valence-electron chi connectivity index (χ4n) is 4.47. The van der Waals surface area contributed by atoms with E-state index in [1.165, 1.54) is 12.1 Å². The third kappa shape index (κ3) is 10.1. The number of guanidine groups is 1. The molecule has 1 aliphatic rings. The van der Waals surface area contributed by atoms with Crippen molar-refractivity contribution in [3.8, 4) is 17.1 Å². The molecule has 15 heteroatoms. The summed E-state index contributed by atoms with van der Waals surface area (Å²) >= 11 is 0. The van der Waals surface area contributed by atoms with Gasteiger partial charge in [-0.25, -0.2) is 14.0 Å². The molecule has 11 nitrogen and oxygen atoms in total. The van der Waals surface area contributed by atoms with Crippen LogP contribution in [0.5, 0.6) is 5.75 Å². The Morgan fingerprint density at radius 1 is 1.16 bits per heavy atom. The number of unbranched alkanes of at least 4 members (excludes halogenated alkanes) is 5. The van der Waals surface area contributed by atoms with Gasteiger partial charge in [0.2, 0.25) is 17.7 Å². The number of carbonyl (C=O) groups is 2. The number of ether oxygens (including phenoxy) is 2. The maximum Gasteiger partial charge on any atom is 0.434 e. The SMILES string of the molecule is CCCCCCCCOc1ccc(-c2noc([C@@H]3C[C@@H](F)CN3/C(=N/C(=O)O)NC(=O)OC(C)(C)C)n2)cc1C(F)(F)F. The molecule has 0 aliphatic carbocycles. The van der Waals surface area contributed by atoms with Gasteiger partial charge >= 0.3 is 18.4 Å². The quantitative estimate of drug-likeness (QED) is 0.124. The monoisotopic (exact) mass is 615 g/mol. The number of carboxylic acid groups (broad SMARTS) is 1. The standard InChI is InChI=1S/C28H37F4N5O6/c1-5-6-7-8-9-10-13-41-21-12-11-17(14-19(21)28(30,31)32)22-33-23(43-36-22)20-15-18(29)16-37(20)24(34-25(38)39)35-26(40)42-27(2,3)4/h11-12,14,18,20H,5-10,13,15-16H2,1-4H3,(H,38,39)(H,34,35,40)/t18-,20+/m1/s1. The van der Waals surface area contributed by atoms with E-state index >= 15 is 0 Å².